The van der Waals surface area contributed by atoms with Crippen molar-refractivity contribution in [2.45, 2.75) is 46.1 Å². The Bertz CT molecular complexity index is 883. The van der Waals surface area contributed by atoms with Gasteiger partial charge in [-0.3, -0.25) is 5.32 Å². The summed E-state index contributed by atoms with van der Waals surface area (Å²) in [6.07, 6.45) is 2.05. The molecule has 0 spiro atoms. The molecule has 0 radical (unpaired) electrons. The van der Waals surface area contributed by atoms with E-state index in [4.69, 9.17) is 0 Å². The van der Waals surface area contributed by atoms with Crippen LogP contribution >= 0.6 is 11.3 Å². The molecule has 3 rings (SSSR count). The molecule has 2 aromatic heterocycles. The van der Waals surface area contributed by atoms with Crippen molar-refractivity contribution in [3.8, 4) is 0 Å². The minimum absolute atomic E-state index is 0.265. The van der Waals surface area contributed by atoms with Gasteiger partial charge in [0.05, 0.1) is 11.0 Å². The van der Waals surface area contributed by atoms with Gasteiger partial charge in [-0.05, 0) is 31.9 Å². The Labute approximate surface area is 156 Å². The summed E-state index contributed by atoms with van der Waals surface area (Å²) in [5.41, 5.74) is 2.04. The second kappa shape index (κ2) is 8.27. The van der Waals surface area contributed by atoms with E-state index in [1.54, 1.807) is 0 Å². The number of hydrogen-bond donors (Lipinski definition) is 2. The lowest BCUT2D eigenvalue weighted by atomic mass is 10.1. The highest BCUT2D eigenvalue weighted by Gasteiger charge is 2.14. The predicted molar refractivity (Wildman–Crippen MR) is 105 cm³/mol. The minimum Gasteiger partial charge on any atom is -0.336 e. The Hall–Kier alpha value is -2.48. The number of imidazole rings is 1. The molecule has 7 nitrogen and oxygen atoms in total. The largest absolute Gasteiger partial charge is 0.336 e. The van der Waals surface area contributed by atoms with E-state index in [1.807, 2.05) is 31.2 Å². The van der Waals surface area contributed by atoms with Crippen molar-refractivity contribution in [3.63, 3.8) is 0 Å². The number of amides is 2. The van der Waals surface area contributed by atoms with Crippen LogP contribution in [0.1, 0.15) is 43.4 Å². The summed E-state index contributed by atoms with van der Waals surface area (Å²) in [7, 11) is 0. The van der Waals surface area contributed by atoms with E-state index in [9.17, 15) is 4.79 Å². The fraction of sp³-hybridized carbons (Fsp3) is 0.444. The van der Waals surface area contributed by atoms with Crippen molar-refractivity contribution >= 4 is 33.5 Å². The van der Waals surface area contributed by atoms with Gasteiger partial charge in [-0.1, -0.05) is 37.3 Å². The number of aromatic nitrogens is 4. The Balaban J connectivity index is 1.54. The number of hydrogen-bond acceptors (Lipinski definition) is 5. The Morgan fingerprint density at radius 1 is 1.23 bits per heavy atom. The van der Waals surface area contributed by atoms with Gasteiger partial charge < -0.3 is 9.88 Å². The number of carbonyl (C=O) groups excluding carboxylic acids is 1. The van der Waals surface area contributed by atoms with Crippen LogP contribution in [-0.2, 0) is 6.54 Å². The molecule has 3 aromatic rings. The van der Waals surface area contributed by atoms with Crippen LogP contribution in [-0.4, -0.2) is 32.3 Å². The van der Waals surface area contributed by atoms with Gasteiger partial charge in [-0.15, -0.1) is 10.2 Å². The van der Waals surface area contributed by atoms with Gasteiger partial charge in [-0.25, -0.2) is 9.78 Å². The maximum absolute atomic E-state index is 12.1. The maximum atomic E-state index is 12.1. The average Bonchev–Trinajstić information content (AvgIpc) is 3.21. The number of fused-ring (bicyclic) bond motifs is 1. The summed E-state index contributed by atoms with van der Waals surface area (Å²) in [5.74, 6) is 1.34. The second-order valence-corrected chi connectivity index (χ2v) is 7.15. The smallest absolute Gasteiger partial charge is 0.321 e. The quantitative estimate of drug-likeness (QED) is 0.658. The number of aryl methyl sites for hydroxylation is 1. The molecule has 2 N–H and O–H groups in total. The van der Waals surface area contributed by atoms with Crippen molar-refractivity contribution in [2.24, 2.45) is 0 Å². The van der Waals surface area contributed by atoms with E-state index in [-0.39, 0.29) is 6.03 Å². The predicted octanol–water partition coefficient (Wildman–Crippen LogP) is 3.92. The van der Waals surface area contributed by atoms with E-state index in [1.165, 1.54) is 11.3 Å². The summed E-state index contributed by atoms with van der Waals surface area (Å²) in [6, 6.07) is 7.73. The minimum atomic E-state index is -0.265. The SMILES string of the molecule is CCC(CC)c1nnc(NC(=O)NCCn2c(C)nc3ccccc32)s1. The highest BCUT2D eigenvalue weighted by atomic mass is 32.1. The van der Waals surface area contributed by atoms with Crippen LogP contribution in [0.25, 0.3) is 11.0 Å². The second-order valence-electron chi connectivity index (χ2n) is 6.14. The van der Waals surface area contributed by atoms with Gasteiger partial charge in [0, 0.05) is 19.0 Å². The zero-order valence-corrected chi connectivity index (χ0v) is 16.1. The van der Waals surface area contributed by atoms with Crippen molar-refractivity contribution in [3.05, 3.63) is 35.1 Å². The molecule has 0 atom stereocenters. The first kappa shape index (κ1) is 18.3. The van der Waals surface area contributed by atoms with Crippen molar-refractivity contribution in [2.75, 3.05) is 11.9 Å². The zero-order valence-electron chi connectivity index (χ0n) is 15.3. The highest BCUT2D eigenvalue weighted by molar-refractivity contribution is 7.15. The van der Waals surface area contributed by atoms with E-state index >= 15 is 0 Å². The molecule has 1 aromatic carbocycles. The maximum Gasteiger partial charge on any atom is 0.321 e. The molecule has 0 saturated carbocycles. The Morgan fingerprint density at radius 3 is 2.77 bits per heavy atom. The van der Waals surface area contributed by atoms with Crippen LogP contribution in [0.2, 0.25) is 0 Å². The van der Waals surface area contributed by atoms with Gasteiger partial charge >= 0.3 is 6.03 Å². The number of benzene rings is 1. The molecule has 26 heavy (non-hydrogen) atoms. The summed E-state index contributed by atoms with van der Waals surface area (Å²) in [5, 5.41) is 15.4. The molecule has 138 valence electrons. The molecule has 0 aliphatic carbocycles. The summed E-state index contributed by atoms with van der Waals surface area (Å²) < 4.78 is 2.10. The molecule has 0 saturated heterocycles. The molecule has 0 unspecified atom stereocenters. The molecular weight excluding hydrogens is 348 g/mol. The number of urea groups is 1. The zero-order chi connectivity index (χ0) is 18.5. The third-order valence-electron chi connectivity index (χ3n) is 4.46. The molecule has 2 heterocycles. The highest BCUT2D eigenvalue weighted by Crippen LogP contribution is 2.27. The Kier molecular flexibility index (Phi) is 5.82. The first-order chi connectivity index (χ1) is 12.6. The number of nitrogens with zero attached hydrogens (tertiary/aromatic N) is 4. The summed E-state index contributed by atoms with van der Waals surface area (Å²) in [4.78, 5) is 16.6. The fourth-order valence-corrected chi connectivity index (χ4v) is 3.99. The van der Waals surface area contributed by atoms with E-state index in [0.29, 0.717) is 24.1 Å². The molecule has 8 heteroatoms. The van der Waals surface area contributed by atoms with Crippen LogP contribution in [0.15, 0.2) is 24.3 Å². The number of carbonyl (C=O) groups is 1. The normalized spacial score (nSPS) is 11.2. The Morgan fingerprint density at radius 2 is 2.00 bits per heavy atom. The van der Waals surface area contributed by atoms with E-state index in [2.05, 4.69) is 44.2 Å². The fourth-order valence-electron chi connectivity index (χ4n) is 2.99. The monoisotopic (exact) mass is 372 g/mol. The molecule has 0 aliphatic rings. The van der Waals surface area contributed by atoms with Gasteiger partial charge in [0.1, 0.15) is 10.8 Å². The topological polar surface area (TPSA) is 84.7 Å². The standard InChI is InChI=1S/C18H24N6OS/c1-4-13(5-2)16-22-23-18(26-16)21-17(25)19-10-11-24-12(3)20-14-8-6-7-9-15(14)24/h6-9,13H,4-5,10-11H2,1-3H3,(H2,19,21,23,25). The first-order valence-electron chi connectivity index (χ1n) is 8.92. The molecule has 0 bridgehead atoms. The van der Waals surface area contributed by atoms with Gasteiger partial charge in [0.2, 0.25) is 5.13 Å². The van der Waals surface area contributed by atoms with E-state index < -0.39 is 0 Å². The van der Waals surface area contributed by atoms with Crippen LogP contribution in [0.3, 0.4) is 0 Å². The lowest BCUT2D eigenvalue weighted by molar-refractivity contribution is 0.251. The van der Waals surface area contributed by atoms with Crippen LogP contribution in [0.5, 0.6) is 0 Å². The summed E-state index contributed by atoms with van der Waals surface area (Å²) >= 11 is 1.44. The third kappa shape index (κ3) is 4.01. The summed E-state index contributed by atoms with van der Waals surface area (Å²) in [6.45, 7) is 7.41. The first-order valence-corrected chi connectivity index (χ1v) is 9.74. The van der Waals surface area contributed by atoms with E-state index in [0.717, 1.165) is 34.7 Å². The molecule has 0 fully saturated rings. The van der Waals surface area contributed by atoms with Crippen LogP contribution < -0.4 is 10.6 Å². The van der Waals surface area contributed by atoms with Crippen molar-refractivity contribution < 1.29 is 4.79 Å². The lowest BCUT2D eigenvalue weighted by Gasteiger charge is -2.08. The number of para-hydroxylation sites is 2. The molecule has 0 aliphatic heterocycles. The van der Waals surface area contributed by atoms with Crippen molar-refractivity contribution in [1.29, 1.82) is 0 Å². The van der Waals surface area contributed by atoms with Gasteiger partial charge in [0.25, 0.3) is 0 Å². The third-order valence-corrected chi connectivity index (χ3v) is 5.46. The van der Waals surface area contributed by atoms with Crippen LogP contribution in [0, 0.1) is 6.92 Å². The molecular formula is C18H24N6OS. The van der Waals surface area contributed by atoms with Gasteiger partial charge in [0.15, 0.2) is 0 Å². The lowest BCUT2D eigenvalue weighted by Crippen LogP contribution is -2.31. The van der Waals surface area contributed by atoms with Crippen molar-refractivity contribution in [1.82, 2.24) is 25.1 Å². The van der Waals surface area contributed by atoms with Gasteiger partial charge in [-0.2, -0.15) is 0 Å². The number of rotatable bonds is 7. The molecule has 2 amide bonds. The average molecular weight is 372 g/mol. The number of nitrogens with one attached hydrogen (secondary N) is 2. The number of anilines is 1. The van der Waals surface area contributed by atoms with Crippen LogP contribution in [0.4, 0.5) is 9.93 Å².